The van der Waals surface area contributed by atoms with Crippen molar-refractivity contribution in [3.8, 4) is 0 Å². The monoisotopic (exact) mass is 183 g/mol. The number of nitro benzene ring substituents is 1. The summed E-state index contributed by atoms with van der Waals surface area (Å²) in [6, 6.07) is 6.65. The van der Waals surface area contributed by atoms with E-state index in [2.05, 4.69) is 0 Å². The topological polar surface area (TPSA) is 83.6 Å². The molecule has 0 radical (unpaired) electrons. The molecule has 0 saturated carbocycles. The number of aryl methyl sites for hydroxylation is 1. The largest absolute Gasteiger partial charge is 0.432 e. The first kappa shape index (κ1) is 11.6. The number of nitrogens with zero attached hydrogens (tertiary/aromatic N) is 1. The molecule has 0 amide bonds. The van der Waals surface area contributed by atoms with Crippen molar-refractivity contribution in [1.29, 1.82) is 0 Å². The maximum Gasteiger partial charge on any atom is 0.432 e. The molecule has 2 N–H and O–H groups in total. The van der Waals surface area contributed by atoms with Crippen LogP contribution in [-0.2, 0) is 0 Å². The van der Waals surface area contributed by atoms with Gasteiger partial charge in [-0.05, 0) is 6.92 Å². The third-order valence-electron chi connectivity index (χ3n) is 1.31. The van der Waals surface area contributed by atoms with E-state index < -0.39 is 7.69 Å². The van der Waals surface area contributed by atoms with Gasteiger partial charge in [-0.15, -0.1) is 0 Å². The minimum Gasteiger partial charge on any atom is -0.430 e. The molecule has 0 spiro atoms. The van der Waals surface area contributed by atoms with Gasteiger partial charge in [0.25, 0.3) is 5.69 Å². The zero-order valence-electron chi connectivity index (χ0n) is 7.17. The first-order chi connectivity index (χ1) is 6.13. The van der Waals surface area contributed by atoms with Crippen molar-refractivity contribution in [1.82, 2.24) is 0 Å². The predicted octanol–water partition coefficient (Wildman–Crippen LogP) is 0.141. The standard InChI is InChI=1S/C7H7NO2.BH3O2/c1-6-4-2-3-5-7(6)8(9)10;2-1-3/h2-5H,1H3;1-3H. The lowest BCUT2D eigenvalue weighted by Crippen LogP contribution is -1.89. The van der Waals surface area contributed by atoms with Gasteiger partial charge in [0.05, 0.1) is 4.92 Å². The molecule has 0 fully saturated rings. The third kappa shape index (κ3) is 4.24. The SMILES string of the molecule is Cc1ccccc1[N+](=O)[O-].OBO. The highest BCUT2D eigenvalue weighted by Crippen LogP contribution is 2.14. The zero-order valence-corrected chi connectivity index (χ0v) is 7.17. The van der Waals surface area contributed by atoms with Crippen LogP contribution in [0.25, 0.3) is 0 Å². The van der Waals surface area contributed by atoms with Gasteiger partial charge in [-0.3, -0.25) is 10.1 Å². The molecule has 0 heterocycles. The van der Waals surface area contributed by atoms with Gasteiger partial charge in [-0.2, -0.15) is 0 Å². The average molecular weight is 183 g/mol. The van der Waals surface area contributed by atoms with Crippen molar-refractivity contribution < 1.29 is 15.0 Å². The van der Waals surface area contributed by atoms with E-state index in [0.717, 1.165) is 0 Å². The smallest absolute Gasteiger partial charge is 0.430 e. The second-order valence-corrected chi connectivity index (χ2v) is 2.19. The second-order valence-electron chi connectivity index (χ2n) is 2.19. The van der Waals surface area contributed by atoms with Crippen molar-refractivity contribution in [2.75, 3.05) is 0 Å². The lowest BCUT2D eigenvalue weighted by atomic mass is 10.2. The Balaban J connectivity index is 0.000000424. The highest BCUT2D eigenvalue weighted by atomic mass is 16.6. The molecule has 0 aromatic heterocycles. The predicted molar refractivity (Wildman–Crippen MR) is 49.4 cm³/mol. The number of hydrogen-bond acceptors (Lipinski definition) is 4. The van der Waals surface area contributed by atoms with Crippen molar-refractivity contribution in [2.45, 2.75) is 6.92 Å². The van der Waals surface area contributed by atoms with E-state index in [1.807, 2.05) is 0 Å². The first-order valence-electron chi connectivity index (χ1n) is 3.55. The van der Waals surface area contributed by atoms with E-state index in [0.29, 0.717) is 5.56 Å². The van der Waals surface area contributed by atoms with Gasteiger partial charge in [0.2, 0.25) is 0 Å². The summed E-state index contributed by atoms with van der Waals surface area (Å²) in [6.07, 6.45) is 0. The van der Waals surface area contributed by atoms with Crippen molar-refractivity contribution in [3.05, 3.63) is 39.9 Å². The Bertz CT molecular complexity index is 279. The van der Waals surface area contributed by atoms with Crippen LogP contribution in [0.1, 0.15) is 5.56 Å². The number of rotatable bonds is 1. The number of hydrogen-bond donors (Lipinski definition) is 2. The average Bonchev–Trinajstić information content (AvgIpc) is 2.06. The zero-order chi connectivity index (χ0) is 10.3. The molecule has 0 saturated heterocycles. The van der Waals surface area contributed by atoms with E-state index in [4.69, 9.17) is 10.0 Å². The summed E-state index contributed by atoms with van der Waals surface area (Å²) in [5.74, 6) is 0. The van der Waals surface area contributed by atoms with Crippen LogP contribution in [0.15, 0.2) is 24.3 Å². The Labute approximate surface area is 76.1 Å². The summed E-state index contributed by atoms with van der Waals surface area (Å²) >= 11 is 0. The maximum absolute atomic E-state index is 10.2. The molecule has 0 atom stereocenters. The molecule has 5 nitrogen and oxygen atoms in total. The van der Waals surface area contributed by atoms with Gasteiger partial charge in [0.15, 0.2) is 0 Å². The van der Waals surface area contributed by atoms with Crippen molar-refractivity contribution >= 4 is 13.4 Å². The molecule has 0 bridgehead atoms. The normalized spacial score (nSPS) is 8.23. The molecule has 0 aliphatic rings. The summed E-state index contributed by atoms with van der Waals surface area (Å²) in [4.78, 5) is 9.85. The number of benzene rings is 1. The second kappa shape index (κ2) is 6.16. The quantitative estimate of drug-likeness (QED) is 0.368. The Morgan fingerprint density at radius 2 is 1.85 bits per heavy atom. The van der Waals surface area contributed by atoms with Crippen LogP contribution in [0.5, 0.6) is 0 Å². The lowest BCUT2D eigenvalue weighted by molar-refractivity contribution is -0.385. The fourth-order valence-electron chi connectivity index (χ4n) is 0.768. The summed E-state index contributed by atoms with van der Waals surface area (Å²) in [5.41, 5.74) is 0.884. The van der Waals surface area contributed by atoms with Crippen LogP contribution in [0.2, 0.25) is 0 Å². The summed E-state index contributed by atoms with van der Waals surface area (Å²) in [5, 5.41) is 24.5. The number of para-hydroxylation sites is 1. The lowest BCUT2D eigenvalue weighted by Gasteiger charge is -1.92. The van der Waals surface area contributed by atoms with Gasteiger partial charge in [0.1, 0.15) is 0 Å². The van der Waals surface area contributed by atoms with E-state index in [1.54, 1.807) is 25.1 Å². The molecule has 6 heteroatoms. The Hall–Kier alpha value is -1.40. The van der Waals surface area contributed by atoms with E-state index in [-0.39, 0.29) is 10.6 Å². The third-order valence-corrected chi connectivity index (χ3v) is 1.31. The Morgan fingerprint density at radius 3 is 2.15 bits per heavy atom. The van der Waals surface area contributed by atoms with Gasteiger partial charge in [0, 0.05) is 11.6 Å². The Kier molecular flexibility index (Phi) is 5.50. The van der Waals surface area contributed by atoms with Crippen LogP contribution < -0.4 is 0 Å². The minimum absolute atomic E-state index is 0.183. The van der Waals surface area contributed by atoms with E-state index in [1.165, 1.54) is 6.07 Å². The van der Waals surface area contributed by atoms with Crippen LogP contribution in [0.4, 0.5) is 5.69 Å². The van der Waals surface area contributed by atoms with E-state index >= 15 is 0 Å². The molecule has 1 rings (SSSR count). The molecular weight excluding hydrogens is 173 g/mol. The van der Waals surface area contributed by atoms with Crippen LogP contribution in [-0.4, -0.2) is 22.7 Å². The molecule has 1 aromatic carbocycles. The molecule has 0 unspecified atom stereocenters. The highest BCUT2D eigenvalue weighted by Gasteiger charge is 2.05. The highest BCUT2D eigenvalue weighted by molar-refractivity contribution is 6.13. The van der Waals surface area contributed by atoms with Crippen LogP contribution in [0.3, 0.4) is 0 Å². The fourth-order valence-corrected chi connectivity index (χ4v) is 0.768. The van der Waals surface area contributed by atoms with Gasteiger partial charge >= 0.3 is 7.69 Å². The summed E-state index contributed by atoms with van der Waals surface area (Å²) < 4.78 is 0. The minimum atomic E-state index is -0.750. The summed E-state index contributed by atoms with van der Waals surface area (Å²) in [7, 11) is -0.750. The molecule has 1 aromatic rings. The molecule has 13 heavy (non-hydrogen) atoms. The van der Waals surface area contributed by atoms with Crippen molar-refractivity contribution in [2.24, 2.45) is 0 Å². The molecule has 0 aliphatic heterocycles. The summed E-state index contributed by atoms with van der Waals surface area (Å²) in [6.45, 7) is 1.72. The maximum atomic E-state index is 10.2. The van der Waals surface area contributed by atoms with Crippen LogP contribution in [0, 0.1) is 17.0 Å². The molecular formula is C7H10BNO4. The number of nitro groups is 1. The molecule has 0 aliphatic carbocycles. The Morgan fingerprint density at radius 1 is 1.38 bits per heavy atom. The molecule has 70 valence electrons. The van der Waals surface area contributed by atoms with Gasteiger partial charge < -0.3 is 10.0 Å². The fraction of sp³-hybridized carbons (Fsp3) is 0.143. The first-order valence-corrected chi connectivity index (χ1v) is 3.55. The van der Waals surface area contributed by atoms with Crippen LogP contribution >= 0.6 is 0 Å². The van der Waals surface area contributed by atoms with Crippen molar-refractivity contribution in [3.63, 3.8) is 0 Å². The van der Waals surface area contributed by atoms with Gasteiger partial charge in [-0.1, -0.05) is 18.2 Å². The van der Waals surface area contributed by atoms with Gasteiger partial charge in [-0.25, -0.2) is 0 Å². The van der Waals surface area contributed by atoms with E-state index in [9.17, 15) is 10.1 Å².